The van der Waals surface area contributed by atoms with E-state index in [0.717, 1.165) is 10.0 Å². The molecule has 6 nitrogen and oxygen atoms in total. The molecule has 1 N–H and O–H groups in total. The molecule has 0 radical (unpaired) electrons. The number of esters is 1. The average molecular weight is 408 g/mol. The average Bonchev–Trinajstić information content (AvgIpc) is 2.64. The van der Waals surface area contributed by atoms with Gasteiger partial charge in [0.05, 0.1) is 19.8 Å². The van der Waals surface area contributed by atoms with Gasteiger partial charge in [0, 0.05) is 17.1 Å². The molecule has 0 aliphatic carbocycles. The summed E-state index contributed by atoms with van der Waals surface area (Å²) in [5, 5.41) is 2.70. The van der Waals surface area contributed by atoms with Crippen molar-refractivity contribution in [1.29, 1.82) is 0 Å². The molecule has 0 atom stereocenters. The molecule has 0 aromatic heterocycles. The molecule has 0 saturated heterocycles. The second-order valence-corrected chi connectivity index (χ2v) is 5.90. The lowest BCUT2D eigenvalue weighted by Crippen LogP contribution is -2.28. The van der Waals surface area contributed by atoms with Gasteiger partial charge in [-0.3, -0.25) is 4.79 Å². The van der Waals surface area contributed by atoms with Crippen molar-refractivity contribution in [2.45, 2.75) is 6.54 Å². The van der Waals surface area contributed by atoms with Crippen LogP contribution in [0, 0.1) is 0 Å². The molecule has 0 aliphatic rings. The number of ether oxygens (including phenoxy) is 3. The van der Waals surface area contributed by atoms with Crippen LogP contribution >= 0.6 is 15.9 Å². The smallest absolute Gasteiger partial charge is 0.338 e. The highest BCUT2D eigenvalue weighted by Crippen LogP contribution is 2.23. The number of nitrogens with one attached hydrogen (secondary N) is 1. The zero-order valence-electron chi connectivity index (χ0n) is 13.9. The third-order valence-electron chi connectivity index (χ3n) is 3.36. The summed E-state index contributed by atoms with van der Waals surface area (Å²) in [4.78, 5) is 23.9. The zero-order chi connectivity index (χ0) is 18.2. The van der Waals surface area contributed by atoms with Crippen LogP contribution in [0.1, 0.15) is 15.9 Å². The number of hydrogen-bond acceptors (Lipinski definition) is 5. The lowest BCUT2D eigenvalue weighted by atomic mass is 10.2. The van der Waals surface area contributed by atoms with Crippen LogP contribution in [0.4, 0.5) is 0 Å². The van der Waals surface area contributed by atoms with Gasteiger partial charge in [-0.1, -0.05) is 34.1 Å². The van der Waals surface area contributed by atoms with Gasteiger partial charge in [-0.2, -0.15) is 0 Å². The Kier molecular flexibility index (Phi) is 6.82. The van der Waals surface area contributed by atoms with Gasteiger partial charge in [0.15, 0.2) is 6.61 Å². The largest absolute Gasteiger partial charge is 0.497 e. The molecule has 0 unspecified atom stereocenters. The fourth-order valence-corrected chi connectivity index (χ4v) is 2.45. The quantitative estimate of drug-likeness (QED) is 0.714. The first-order valence-electron chi connectivity index (χ1n) is 7.43. The standard InChI is InChI=1S/C18H18BrNO5/c1-23-14-7-13(8-15(9-14)24-2)18(22)25-11-17(21)20-10-12-5-3-4-6-16(12)19/h3-9H,10-11H2,1-2H3,(H,20,21). The van der Waals surface area contributed by atoms with Crippen LogP contribution in [-0.2, 0) is 16.1 Å². The Labute approximate surface area is 154 Å². The van der Waals surface area contributed by atoms with Crippen molar-refractivity contribution in [1.82, 2.24) is 5.32 Å². The number of amides is 1. The molecule has 0 heterocycles. The van der Waals surface area contributed by atoms with Gasteiger partial charge in [-0.05, 0) is 23.8 Å². The van der Waals surface area contributed by atoms with Crippen LogP contribution in [0.15, 0.2) is 46.9 Å². The van der Waals surface area contributed by atoms with Crippen molar-refractivity contribution in [2.24, 2.45) is 0 Å². The van der Waals surface area contributed by atoms with E-state index in [4.69, 9.17) is 14.2 Å². The first kappa shape index (κ1) is 18.8. The van der Waals surface area contributed by atoms with E-state index in [0.29, 0.717) is 18.0 Å². The van der Waals surface area contributed by atoms with E-state index in [1.165, 1.54) is 26.4 Å². The summed E-state index contributed by atoms with van der Waals surface area (Å²) in [7, 11) is 2.97. The molecule has 2 aromatic rings. The van der Waals surface area contributed by atoms with Crippen molar-refractivity contribution in [2.75, 3.05) is 20.8 Å². The Morgan fingerprint density at radius 2 is 1.68 bits per heavy atom. The van der Waals surface area contributed by atoms with E-state index in [-0.39, 0.29) is 18.1 Å². The second-order valence-electron chi connectivity index (χ2n) is 5.05. The Hall–Kier alpha value is -2.54. The molecular formula is C18H18BrNO5. The summed E-state index contributed by atoms with van der Waals surface area (Å²) < 4.78 is 16.1. The molecule has 2 aromatic carbocycles. The topological polar surface area (TPSA) is 73.9 Å². The monoisotopic (exact) mass is 407 g/mol. The van der Waals surface area contributed by atoms with Gasteiger partial charge in [0.25, 0.3) is 5.91 Å². The molecule has 7 heteroatoms. The predicted octanol–water partition coefficient (Wildman–Crippen LogP) is 2.94. The van der Waals surface area contributed by atoms with Gasteiger partial charge >= 0.3 is 5.97 Å². The van der Waals surface area contributed by atoms with Crippen molar-refractivity contribution in [3.05, 3.63) is 58.1 Å². The van der Waals surface area contributed by atoms with Crippen LogP contribution in [-0.4, -0.2) is 32.7 Å². The summed E-state index contributed by atoms with van der Waals surface area (Å²) in [6, 6.07) is 12.2. The number of halogens is 1. The van der Waals surface area contributed by atoms with Gasteiger partial charge in [0.2, 0.25) is 0 Å². The van der Waals surface area contributed by atoms with E-state index in [9.17, 15) is 9.59 Å². The minimum absolute atomic E-state index is 0.245. The number of hydrogen-bond donors (Lipinski definition) is 1. The Bertz CT molecular complexity index is 741. The van der Waals surface area contributed by atoms with Crippen molar-refractivity contribution in [3.63, 3.8) is 0 Å². The van der Waals surface area contributed by atoms with E-state index >= 15 is 0 Å². The highest BCUT2D eigenvalue weighted by molar-refractivity contribution is 9.10. The van der Waals surface area contributed by atoms with Crippen molar-refractivity contribution in [3.8, 4) is 11.5 Å². The fourth-order valence-electron chi connectivity index (χ4n) is 2.03. The van der Waals surface area contributed by atoms with Crippen molar-refractivity contribution >= 4 is 27.8 Å². The number of carbonyl (C=O) groups is 2. The fraction of sp³-hybridized carbons (Fsp3) is 0.222. The number of benzene rings is 2. The maximum absolute atomic E-state index is 12.1. The third-order valence-corrected chi connectivity index (χ3v) is 4.13. The van der Waals surface area contributed by atoms with E-state index in [1.807, 2.05) is 24.3 Å². The van der Waals surface area contributed by atoms with Gasteiger partial charge in [-0.25, -0.2) is 4.79 Å². The number of rotatable bonds is 7. The van der Waals surface area contributed by atoms with Gasteiger partial charge < -0.3 is 19.5 Å². The summed E-state index contributed by atoms with van der Waals surface area (Å²) in [5.41, 5.74) is 1.18. The van der Waals surface area contributed by atoms with E-state index < -0.39 is 5.97 Å². The highest BCUT2D eigenvalue weighted by Gasteiger charge is 2.13. The minimum atomic E-state index is -0.631. The number of carbonyl (C=O) groups excluding carboxylic acids is 2. The number of methoxy groups -OCH3 is 2. The zero-order valence-corrected chi connectivity index (χ0v) is 15.5. The molecule has 0 aliphatic heterocycles. The SMILES string of the molecule is COc1cc(OC)cc(C(=O)OCC(=O)NCc2ccccc2Br)c1. The summed E-state index contributed by atoms with van der Waals surface area (Å²) >= 11 is 3.41. The van der Waals surface area contributed by atoms with Gasteiger partial charge in [-0.15, -0.1) is 0 Å². The highest BCUT2D eigenvalue weighted by atomic mass is 79.9. The summed E-state index contributed by atoms with van der Waals surface area (Å²) in [5.74, 6) is -0.0958. The van der Waals surface area contributed by atoms with Crippen LogP contribution in [0.5, 0.6) is 11.5 Å². The Balaban J connectivity index is 1.89. The predicted molar refractivity (Wildman–Crippen MR) is 95.8 cm³/mol. The second kappa shape index (κ2) is 9.08. The molecule has 0 bridgehead atoms. The summed E-state index contributed by atoms with van der Waals surface area (Å²) in [6.45, 7) is -0.0341. The van der Waals surface area contributed by atoms with Crippen LogP contribution < -0.4 is 14.8 Å². The molecule has 132 valence electrons. The molecule has 0 fully saturated rings. The van der Waals surface area contributed by atoms with Crippen LogP contribution in [0.2, 0.25) is 0 Å². The molecule has 0 spiro atoms. The maximum Gasteiger partial charge on any atom is 0.338 e. The maximum atomic E-state index is 12.1. The molecule has 0 saturated carbocycles. The molecule has 2 rings (SSSR count). The Morgan fingerprint density at radius 3 is 2.28 bits per heavy atom. The summed E-state index contributed by atoms with van der Waals surface area (Å²) in [6.07, 6.45) is 0. The minimum Gasteiger partial charge on any atom is -0.497 e. The van der Waals surface area contributed by atoms with Crippen molar-refractivity contribution < 1.29 is 23.8 Å². The van der Waals surface area contributed by atoms with Crippen LogP contribution in [0.25, 0.3) is 0 Å². The first-order chi connectivity index (χ1) is 12.0. The normalized spacial score (nSPS) is 10.0. The first-order valence-corrected chi connectivity index (χ1v) is 8.23. The lowest BCUT2D eigenvalue weighted by molar-refractivity contribution is -0.124. The molecule has 25 heavy (non-hydrogen) atoms. The lowest BCUT2D eigenvalue weighted by Gasteiger charge is -2.10. The molecular weight excluding hydrogens is 390 g/mol. The van der Waals surface area contributed by atoms with Gasteiger partial charge in [0.1, 0.15) is 11.5 Å². The van der Waals surface area contributed by atoms with E-state index in [1.54, 1.807) is 6.07 Å². The molecule has 1 amide bonds. The Morgan fingerprint density at radius 1 is 1.04 bits per heavy atom. The van der Waals surface area contributed by atoms with E-state index in [2.05, 4.69) is 21.2 Å². The van der Waals surface area contributed by atoms with Crippen LogP contribution in [0.3, 0.4) is 0 Å². The third kappa shape index (κ3) is 5.49.